The van der Waals surface area contributed by atoms with E-state index in [-0.39, 0.29) is 11.1 Å². The minimum absolute atomic E-state index is 0.163. The summed E-state index contributed by atoms with van der Waals surface area (Å²) in [6.07, 6.45) is 16.7. The Morgan fingerprint density at radius 2 is 1.71 bits per heavy atom. The van der Waals surface area contributed by atoms with Crippen molar-refractivity contribution in [1.29, 1.82) is 0 Å². The van der Waals surface area contributed by atoms with Gasteiger partial charge in [0.05, 0.1) is 6.10 Å². The van der Waals surface area contributed by atoms with Gasteiger partial charge in [0.1, 0.15) is 0 Å². The molecule has 0 aromatic carbocycles. The SMILES string of the molecule is C[C@H](O)CC[C@@H](C)[C@H]1CC[C@H]2C3=CC=C4C[C@@H](O[Si](C)(C)C(C)(C)C)CC[C@]4(C)[C@H]3CC[C@]12C. The number of rotatable bonds is 6. The van der Waals surface area contributed by atoms with Gasteiger partial charge in [-0.3, -0.25) is 0 Å². The van der Waals surface area contributed by atoms with Crippen LogP contribution in [0.15, 0.2) is 23.3 Å². The van der Waals surface area contributed by atoms with E-state index in [4.69, 9.17) is 4.43 Å². The minimum atomic E-state index is -1.73. The topological polar surface area (TPSA) is 29.5 Å². The average Bonchev–Trinajstić information content (AvgIpc) is 3.08. The first-order valence-electron chi connectivity index (χ1n) is 14.5. The van der Waals surface area contributed by atoms with Crippen LogP contribution in [-0.2, 0) is 4.43 Å². The molecule has 0 saturated heterocycles. The van der Waals surface area contributed by atoms with Crippen molar-refractivity contribution in [2.45, 2.75) is 137 Å². The third-order valence-electron chi connectivity index (χ3n) is 11.6. The van der Waals surface area contributed by atoms with Gasteiger partial charge in [0, 0.05) is 6.10 Å². The Morgan fingerprint density at radius 1 is 1.00 bits per heavy atom. The van der Waals surface area contributed by atoms with Crippen molar-refractivity contribution in [3.8, 4) is 0 Å². The van der Waals surface area contributed by atoms with Gasteiger partial charge in [-0.2, -0.15) is 0 Å². The van der Waals surface area contributed by atoms with Crippen LogP contribution in [0.25, 0.3) is 0 Å². The van der Waals surface area contributed by atoms with Crippen molar-refractivity contribution in [3.63, 3.8) is 0 Å². The van der Waals surface area contributed by atoms with Crippen LogP contribution >= 0.6 is 0 Å². The lowest BCUT2D eigenvalue weighted by atomic mass is 9.50. The lowest BCUT2D eigenvalue weighted by Gasteiger charge is -2.56. The molecule has 3 fully saturated rings. The van der Waals surface area contributed by atoms with Gasteiger partial charge in [0.2, 0.25) is 0 Å². The second kappa shape index (κ2) is 9.17. The van der Waals surface area contributed by atoms with Crippen LogP contribution in [0.5, 0.6) is 0 Å². The van der Waals surface area contributed by atoms with Gasteiger partial charge in [-0.1, -0.05) is 64.8 Å². The van der Waals surface area contributed by atoms with Crippen LogP contribution in [0, 0.1) is 34.5 Å². The fourth-order valence-corrected chi connectivity index (χ4v) is 9.73. The summed E-state index contributed by atoms with van der Waals surface area (Å²) in [5.41, 5.74) is 4.27. The summed E-state index contributed by atoms with van der Waals surface area (Å²) < 4.78 is 6.90. The summed E-state index contributed by atoms with van der Waals surface area (Å²) >= 11 is 0. The van der Waals surface area contributed by atoms with Crippen molar-refractivity contribution in [1.82, 2.24) is 0 Å². The highest BCUT2D eigenvalue weighted by Crippen LogP contribution is 2.66. The van der Waals surface area contributed by atoms with E-state index in [2.05, 4.69) is 66.8 Å². The molecule has 0 aromatic rings. The molecule has 8 atom stereocenters. The van der Waals surface area contributed by atoms with Crippen LogP contribution in [0.3, 0.4) is 0 Å². The number of hydrogen-bond acceptors (Lipinski definition) is 2. The van der Waals surface area contributed by atoms with Gasteiger partial charge in [-0.15, -0.1) is 0 Å². The number of fused-ring (bicyclic) bond motifs is 5. The first kappa shape index (κ1) is 26.7. The zero-order valence-corrected chi connectivity index (χ0v) is 24.8. The van der Waals surface area contributed by atoms with Crippen molar-refractivity contribution >= 4 is 8.32 Å². The minimum Gasteiger partial charge on any atom is -0.414 e. The quantitative estimate of drug-likeness (QED) is 0.380. The number of allylic oxidation sites excluding steroid dienone is 3. The molecule has 194 valence electrons. The van der Waals surface area contributed by atoms with Crippen LogP contribution in [0.2, 0.25) is 18.1 Å². The first-order valence-corrected chi connectivity index (χ1v) is 17.4. The van der Waals surface area contributed by atoms with Crippen molar-refractivity contribution in [2.75, 3.05) is 0 Å². The van der Waals surface area contributed by atoms with Crippen molar-refractivity contribution in [3.05, 3.63) is 23.3 Å². The summed E-state index contributed by atoms with van der Waals surface area (Å²) in [6, 6.07) is 0. The Kier molecular flexibility index (Phi) is 7.20. The lowest BCUT2D eigenvalue weighted by molar-refractivity contribution is 0.0325. The molecule has 0 aromatic heterocycles. The summed E-state index contributed by atoms with van der Waals surface area (Å²) in [5.74, 6) is 3.03. The van der Waals surface area contributed by atoms with E-state index >= 15 is 0 Å². The Morgan fingerprint density at radius 3 is 2.35 bits per heavy atom. The number of aliphatic hydroxyl groups is 1. The molecule has 4 aliphatic rings. The number of hydrogen-bond donors (Lipinski definition) is 1. The van der Waals surface area contributed by atoms with Crippen molar-refractivity contribution in [2.24, 2.45) is 34.5 Å². The standard InChI is InChI=1S/C31H54O2Si/c1-21(10-11-22(2)32)26-14-15-27-25-13-12-23-20-24(33-34(8,9)29(3,4)5)16-18-30(23,6)28(25)17-19-31(26,27)7/h12-13,21-22,24,26-28,32H,10-11,14-20H2,1-9H3/t21-,22+,24+,26-,27+,28+,30+,31-/m1/s1. The highest BCUT2D eigenvalue weighted by atomic mass is 28.4. The zero-order valence-electron chi connectivity index (χ0n) is 23.8. The largest absolute Gasteiger partial charge is 0.414 e. The van der Waals surface area contributed by atoms with E-state index < -0.39 is 8.32 Å². The molecule has 0 unspecified atom stereocenters. The Labute approximate surface area is 212 Å². The van der Waals surface area contributed by atoms with Gasteiger partial charge in [0.15, 0.2) is 8.32 Å². The van der Waals surface area contributed by atoms with Crippen LogP contribution in [0.1, 0.15) is 106 Å². The summed E-state index contributed by atoms with van der Waals surface area (Å²) in [6.45, 7) is 21.5. The molecule has 34 heavy (non-hydrogen) atoms. The number of aliphatic hydroxyl groups excluding tert-OH is 1. The maximum absolute atomic E-state index is 9.83. The molecule has 0 spiro atoms. The average molecular weight is 487 g/mol. The summed E-state index contributed by atoms with van der Waals surface area (Å²) in [4.78, 5) is 0. The van der Waals surface area contributed by atoms with Gasteiger partial charge >= 0.3 is 0 Å². The summed E-state index contributed by atoms with van der Waals surface area (Å²) in [5, 5.41) is 10.1. The first-order chi connectivity index (χ1) is 15.7. The molecule has 0 amide bonds. The normalized spacial score (nSPS) is 39.9. The van der Waals surface area contributed by atoms with Gasteiger partial charge in [-0.25, -0.2) is 0 Å². The van der Waals surface area contributed by atoms with Gasteiger partial charge in [-0.05, 0) is 117 Å². The third-order valence-corrected chi connectivity index (χ3v) is 16.1. The van der Waals surface area contributed by atoms with E-state index in [0.29, 0.717) is 16.9 Å². The molecule has 4 rings (SSSR count). The predicted molar refractivity (Wildman–Crippen MR) is 147 cm³/mol. The second-order valence-corrected chi connectivity index (χ2v) is 19.5. The fraction of sp³-hybridized carbons (Fsp3) is 0.871. The molecule has 1 N–H and O–H groups in total. The van der Waals surface area contributed by atoms with E-state index in [9.17, 15) is 5.11 Å². The molecule has 4 aliphatic carbocycles. The second-order valence-electron chi connectivity index (χ2n) is 14.8. The third kappa shape index (κ3) is 4.56. The fourth-order valence-electron chi connectivity index (χ4n) is 8.34. The van der Waals surface area contributed by atoms with E-state index in [1.807, 2.05) is 6.92 Å². The van der Waals surface area contributed by atoms with Gasteiger partial charge < -0.3 is 9.53 Å². The van der Waals surface area contributed by atoms with Crippen LogP contribution in [-0.4, -0.2) is 25.6 Å². The zero-order chi connectivity index (χ0) is 25.1. The molecule has 3 heteroatoms. The Hall–Kier alpha value is -0.383. The molecule has 0 aliphatic heterocycles. The lowest BCUT2D eigenvalue weighted by Crippen LogP contribution is -2.49. The molecule has 0 heterocycles. The molecule has 3 saturated carbocycles. The predicted octanol–water partition coefficient (Wildman–Crippen LogP) is 8.67. The van der Waals surface area contributed by atoms with Crippen LogP contribution < -0.4 is 0 Å². The van der Waals surface area contributed by atoms with E-state index in [1.54, 1.807) is 11.1 Å². The molecular formula is C31H54O2Si. The molecular weight excluding hydrogens is 432 g/mol. The molecule has 2 nitrogen and oxygen atoms in total. The maximum atomic E-state index is 9.83. The Balaban J connectivity index is 1.52. The maximum Gasteiger partial charge on any atom is 0.192 e. The summed E-state index contributed by atoms with van der Waals surface area (Å²) in [7, 11) is -1.73. The molecule has 0 bridgehead atoms. The highest BCUT2D eigenvalue weighted by molar-refractivity contribution is 6.74. The Bertz CT molecular complexity index is 818. The highest BCUT2D eigenvalue weighted by Gasteiger charge is 2.57. The van der Waals surface area contributed by atoms with E-state index in [0.717, 1.165) is 36.5 Å². The monoisotopic (exact) mass is 486 g/mol. The van der Waals surface area contributed by atoms with Gasteiger partial charge in [0.25, 0.3) is 0 Å². The van der Waals surface area contributed by atoms with Crippen molar-refractivity contribution < 1.29 is 9.53 Å². The molecule has 0 radical (unpaired) electrons. The van der Waals surface area contributed by atoms with Crippen LogP contribution in [0.4, 0.5) is 0 Å². The smallest absolute Gasteiger partial charge is 0.192 e. The van der Waals surface area contributed by atoms with E-state index in [1.165, 1.54) is 44.9 Å².